The van der Waals surface area contributed by atoms with Gasteiger partial charge in [0.2, 0.25) is 0 Å². The molecule has 0 aliphatic carbocycles. The van der Waals surface area contributed by atoms with E-state index in [1.807, 2.05) is 48.5 Å². The molecule has 4 aromatic rings. The summed E-state index contributed by atoms with van der Waals surface area (Å²) in [4.78, 5) is 4.80. The Labute approximate surface area is 183 Å². The van der Waals surface area contributed by atoms with Gasteiger partial charge in [0, 0.05) is 6.54 Å². The molecule has 160 valence electrons. The highest BCUT2D eigenvalue weighted by Crippen LogP contribution is 2.27. The van der Waals surface area contributed by atoms with Crippen LogP contribution in [0, 0.1) is 13.8 Å². The number of fused-ring (bicyclic) bond motifs is 1. The Morgan fingerprint density at radius 2 is 1.61 bits per heavy atom. The van der Waals surface area contributed by atoms with E-state index >= 15 is 0 Å². The molecule has 1 heterocycles. The Kier molecular flexibility index (Phi) is 6.41. The maximum atomic E-state index is 6.04. The summed E-state index contributed by atoms with van der Waals surface area (Å²) >= 11 is 0. The topological polar surface area (TPSA) is 45.5 Å². The summed E-state index contributed by atoms with van der Waals surface area (Å²) in [6.45, 7) is 6.02. The predicted molar refractivity (Wildman–Crippen MR) is 123 cm³/mol. The highest BCUT2D eigenvalue weighted by Gasteiger charge is 2.12. The molecule has 31 heavy (non-hydrogen) atoms. The lowest BCUT2D eigenvalue weighted by molar-refractivity contribution is 0.267. The number of nitrogens with zero attached hydrogens (tertiary/aromatic N) is 2. The van der Waals surface area contributed by atoms with Gasteiger partial charge in [-0.1, -0.05) is 30.3 Å². The molecule has 0 unspecified atom stereocenters. The summed E-state index contributed by atoms with van der Waals surface area (Å²) in [5, 5.41) is 0. The molecule has 1 aromatic heterocycles. The summed E-state index contributed by atoms with van der Waals surface area (Å²) in [6, 6.07) is 22.1. The largest absolute Gasteiger partial charge is 0.494 e. The predicted octanol–water partition coefficient (Wildman–Crippen LogP) is 5.71. The van der Waals surface area contributed by atoms with Crippen molar-refractivity contribution in [3.8, 4) is 17.2 Å². The van der Waals surface area contributed by atoms with Crippen LogP contribution in [0.15, 0.2) is 66.7 Å². The molecule has 0 atom stereocenters. The maximum absolute atomic E-state index is 6.04. The van der Waals surface area contributed by atoms with Crippen LogP contribution in [0.2, 0.25) is 0 Å². The number of methoxy groups -OCH3 is 1. The van der Waals surface area contributed by atoms with Crippen molar-refractivity contribution in [3.63, 3.8) is 0 Å². The summed E-state index contributed by atoms with van der Waals surface area (Å²) in [5.41, 5.74) is 4.59. The zero-order valence-corrected chi connectivity index (χ0v) is 18.3. The summed E-state index contributed by atoms with van der Waals surface area (Å²) in [6.07, 6.45) is 0.870. The minimum atomic E-state index is 0.368. The molecule has 3 aromatic carbocycles. The smallest absolute Gasteiger partial charge is 0.161 e. The third-order valence-electron chi connectivity index (χ3n) is 5.43. The first-order valence-electron chi connectivity index (χ1n) is 10.6. The number of rotatable bonds is 9. The average molecular weight is 417 g/mol. The molecule has 0 bridgehead atoms. The number of benzene rings is 3. The van der Waals surface area contributed by atoms with Crippen LogP contribution in [0.1, 0.15) is 23.4 Å². The third kappa shape index (κ3) is 4.82. The van der Waals surface area contributed by atoms with Crippen LogP contribution in [0.5, 0.6) is 17.2 Å². The standard InChI is InChI=1S/C26H28N2O3/c1-19-13-14-21(17-20(19)2)30-16-8-15-28-23-10-5-4-9-22(23)27-26(28)18-31-25-12-7-6-11-24(25)29-3/h4-7,9-14,17H,8,15-16,18H2,1-3H3. The Bertz CT molecular complexity index is 1170. The highest BCUT2D eigenvalue weighted by atomic mass is 16.5. The molecule has 0 aliphatic rings. The molecule has 0 N–H and O–H groups in total. The Morgan fingerprint density at radius 1 is 0.839 bits per heavy atom. The van der Waals surface area contributed by atoms with Gasteiger partial charge in [0.05, 0.1) is 24.8 Å². The quantitative estimate of drug-likeness (QED) is 0.328. The number of ether oxygens (including phenoxy) is 3. The van der Waals surface area contributed by atoms with Gasteiger partial charge in [0.15, 0.2) is 11.5 Å². The number of para-hydroxylation sites is 4. The van der Waals surface area contributed by atoms with Gasteiger partial charge in [-0.2, -0.15) is 0 Å². The van der Waals surface area contributed by atoms with E-state index in [2.05, 4.69) is 36.6 Å². The van der Waals surface area contributed by atoms with E-state index in [0.29, 0.717) is 24.7 Å². The van der Waals surface area contributed by atoms with Gasteiger partial charge in [-0.15, -0.1) is 0 Å². The van der Waals surface area contributed by atoms with Crippen LogP contribution in [0.4, 0.5) is 0 Å². The molecule has 0 fully saturated rings. The van der Waals surface area contributed by atoms with E-state index in [1.165, 1.54) is 11.1 Å². The van der Waals surface area contributed by atoms with Gasteiger partial charge in [0.1, 0.15) is 18.2 Å². The maximum Gasteiger partial charge on any atom is 0.161 e. The van der Waals surface area contributed by atoms with Crippen LogP contribution >= 0.6 is 0 Å². The number of aryl methyl sites for hydroxylation is 3. The molecule has 0 saturated heterocycles. The van der Waals surface area contributed by atoms with Gasteiger partial charge >= 0.3 is 0 Å². The van der Waals surface area contributed by atoms with Crippen LogP contribution in [-0.4, -0.2) is 23.3 Å². The van der Waals surface area contributed by atoms with Gasteiger partial charge in [-0.05, 0) is 67.8 Å². The van der Waals surface area contributed by atoms with Crippen molar-refractivity contribution in [1.82, 2.24) is 9.55 Å². The SMILES string of the molecule is COc1ccccc1OCc1nc2ccccc2n1CCCOc1ccc(C)c(C)c1. The molecule has 0 radical (unpaired) electrons. The van der Waals surface area contributed by atoms with Crippen LogP contribution in [-0.2, 0) is 13.2 Å². The lowest BCUT2D eigenvalue weighted by atomic mass is 10.1. The molecule has 0 spiro atoms. The van der Waals surface area contributed by atoms with Gasteiger partial charge in [-0.3, -0.25) is 0 Å². The van der Waals surface area contributed by atoms with Crippen molar-refractivity contribution < 1.29 is 14.2 Å². The second-order valence-corrected chi connectivity index (χ2v) is 7.56. The Morgan fingerprint density at radius 3 is 2.42 bits per heavy atom. The fourth-order valence-electron chi connectivity index (χ4n) is 3.58. The summed E-state index contributed by atoms with van der Waals surface area (Å²) in [7, 11) is 1.65. The van der Waals surface area contributed by atoms with Crippen molar-refractivity contribution in [2.75, 3.05) is 13.7 Å². The van der Waals surface area contributed by atoms with Crippen molar-refractivity contribution in [2.45, 2.75) is 33.4 Å². The van der Waals surface area contributed by atoms with Crippen LogP contribution in [0.3, 0.4) is 0 Å². The highest BCUT2D eigenvalue weighted by molar-refractivity contribution is 5.75. The van der Waals surface area contributed by atoms with Crippen LogP contribution in [0.25, 0.3) is 11.0 Å². The molecule has 0 saturated carbocycles. The first-order valence-corrected chi connectivity index (χ1v) is 10.6. The number of hydrogen-bond acceptors (Lipinski definition) is 4. The minimum Gasteiger partial charge on any atom is -0.494 e. The van der Waals surface area contributed by atoms with E-state index in [-0.39, 0.29) is 0 Å². The van der Waals surface area contributed by atoms with E-state index < -0.39 is 0 Å². The molecule has 4 rings (SSSR count). The number of aromatic nitrogens is 2. The molecular formula is C26H28N2O3. The van der Waals surface area contributed by atoms with E-state index in [4.69, 9.17) is 19.2 Å². The molecule has 5 nitrogen and oxygen atoms in total. The fourth-order valence-corrected chi connectivity index (χ4v) is 3.58. The van der Waals surface area contributed by atoms with E-state index in [1.54, 1.807) is 7.11 Å². The lowest BCUT2D eigenvalue weighted by Gasteiger charge is -2.13. The van der Waals surface area contributed by atoms with Crippen molar-refractivity contribution in [2.24, 2.45) is 0 Å². The van der Waals surface area contributed by atoms with Crippen LogP contribution < -0.4 is 14.2 Å². The second kappa shape index (κ2) is 9.56. The Hall–Kier alpha value is -3.47. The minimum absolute atomic E-state index is 0.368. The van der Waals surface area contributed by atoms with Crippen molar-refractivity contribution in [3.05, 3.63) is 83.7 Å². The summed E-state index contributed by atoms with van der Waals surface area (Å²) < 4.78 is 19.6. The molecule has 5 heteroatoms. The summed E-state index contributed by atoms with van der Waals surface area (Å²) in [5.74, 6) is 3.23. The van der Waals surface area contributed by atoms with Crippen molar-refractivity contribution >= 4 is 11.0 Å². The number of imidazole rings is 1. The first-order chi connectivity index (χ1) is 15.2. The normalized spacial score (nSPS) is 10.9. The monoisotopic (exact) mass is 416 g/mol. The lowest BCUT2D eigenvalue weighted by Crippen LogP contribution is -2.10. The van der Waals surface area contributed by atoms with Gasteiger partial charge < -0.3 is 18.8 Å². The van der Waals surface area contributed by atoms with E-state index in [9.17, 15) is 0 Å². The third-order valence-corrected chi connectivity index (χ3v) is 5.43. The average Bonchev–Trinajstić information content (AvgIpc) is 3.15. The fraction of sp³-hybridized carbons (Fsp3) is 0.269. The zero-order chi connectivity index (χ0) is 21.6. The van der Waals surface area contributed by atoms with E-state index in [0.717, 1.165) is 35.6 Å². The van der Waals surface area contributed by atoms with Gasteiger partial charge in [0.25, 0.3) is 0 Å². The number of hydrogen-bond donors (Lipinski definition) is 0. The molecule has 0 aliphatic heterocycles. The first kappa shape index (κ1) is 20.8. The molecular weight excluding hydrogens is 388 g/mol. The second-order valence-electron chi connectivity index (χ2n) is 7.56. The Balaban J connectivity index is 1.45. The van der Waals surface area contributed by atoms with Gasteiger partial charge in [-0.25, -0.2) is 4.98 Å². The molecule has 0 amide bonds. The zero-order valence-electron chi connectivity index (χ0n) is 18.3. The van der Waals surface area contributed by atoms with Crippen molar-refractivity contribution in [1.29, 1.82) is 0 Å².